The van der Waals surface area contributed by atoms with Gasteiger partial charge < -0.3 is 18.9 Å². The van der Waals surface area contributed by atoms with E-state index >= 15 is 0 Å². The molecule has 3 aliphatic rings. The number of hydrogen-bond donors (Lipinski definition) is 0. The summed E-state index contributed by atoms with van der Waals surface area (Å²) in [4.78, 5) is 0. The first-order valence-corrected chi connectivity index (χ1v) is 13.6. The summed E-state index contributed by atoms with van der Waals surface area (Å²) in [6.45, 7) is 17.0. The van der Waals surface area contributed by atoms with Gasteiger partial charge >= 0.3 is 0 Å². The van der Waals surface area contributed by atoms with E-state index in [1.165, 1.54) is 16.4 Å². The van der Waals surface area contributed by atoms with Gasteiger partial charge in [0.25, 0.3) is 0 Å². The van der Waals surface area contributed by atoms with Gasteiger partial charge in [-0.3, -0.25) is 0 Å². The second-order valence-corrected chi connectivity index (χ2v) is 14.4. The largest absolute Gasteiger partial charge is 0.490 e. The Balaban J connectivity index is 1.68. The molecule has 0 N–H and O–H groups in total. The molecule has 2 aromatic carbocycles. The fraction of sp³-hybridized carbons (Fsp3) is 0.571. The van der Waals surface area contributed by atoms with E-state index in [0.29, 0.717) is 13.2 Å². The van der Waals surface area contributed by atoms with Crippen molar-refractivity contribution in [2.45, 2.75) is 89.6 Å². The highest BCUT2D eigenvalue weighted by Crippen LogP contribution is 2.78. The molecule has 2 saturated heterocycles. The molecule has 4 nitrogen and oxygen atoms in total. The number of ether oxygens (including phenoxy) is 4. The van der Waals surface area contributed by atoms with Gasteiger partial charge in [0.05, 0.1) is 31.0 Å². The van der Waals surface area contributed by atoms with Gasteiger partial charge in [-0.05, 0) is 61.4 Å². The second kappa shape index (κ2) is 7.97. The molecule has 5 rings (SSSR count). The molecule has 178 valence electrons. The molecule has 0 amide bonds. The minimum absolute atomic E-state index is 0.0830. The Bertz CT molecular complexity index is 1030. The molecule has 1 spiro atoms. The van der Waals surface area contributed by atoms with Gasteiger partial charge in [0.15, 0.2) is 5.79 Å². The Morgan fingerprint density at radius 2 is 1.39 bits per heavy atom. The molecular weight excluding hydrogens is 431 g/mol. The first-order chi connectivity index (χ1) is 15.6. The number of hydrogen-bond acceptors (Lipinski definition) is 4. The fourth-order valence-electron chi connectivity index (χ4n) is 6.39. The van der Waals surface area contributed by atoms with Gasteiger partial charge in [-0.1, -0.05) is 53.0 Å². The maximum atomic E-state index is 6.32. The molecule has 33 heavy (non-hydrogen) atoms. The van der Waals surface area contributed by atoms with Crippen LogP contribution in [0.15, 0.2) is 36.4 Å². The molecule has 0 bridgehead atoms. The lowest BCUT2D eigenvalue weighted by Gasteiger charge is -2.63. The third-order valence-corrected chi connectivity index (χ3v) is 10.7. The summed E-state index contributed by atoms with van der Waals surface area (Å²) in [6.07, 6.45) is 2.05. The van der Waals surface area contributed by atoms with E-state index in [9.17, 15) is 0 Å². The highest BCUT2D eigenvalue weighted by molar-refractivity contribution is 7.71. The fourth-order valence-corrected chi connectivity index (χ4v) is 10.9. The lowest BCUT2D eigenvalue weighted by atomic mass is 9.84. The predicted molar refractivity (Wildman–Crippen MR) is 135 cm³/mol. The van der Waals surface area contributed by atoms with Gasteiger partial charge in [-0.2, -0.15) is 0 Å². The average molecular weight is 469 g/mol. The summed E-state index contributed by atoms with van der Waals surface area (Å²) in [5, 5.41) is 1.68. The maximum Gasteiger partial charge on any atom is 0.170 e. The van der Waals surface area contributed by atoms with E-state index in [-0.39, 0.29) is 22.5 Å². The molecule has 3 heterocycles. The third-order valence-electron chi connectivity index (χ3n) is 7.05. The van der Waals surface area contributed by atoms with E-state index in [1.54, 1.807) is 0 Å². The molecule has 5 heteroatoms. The van der Waals surface area contributed by atoms with E-state index in [4.69, 9.17) is 18.9 Å². The van der Waals surface area contributed by atoms with Crippen LogP contribution < -0.4 is 14.8 Å². The summed E-state index contributed by atoms with van der Waals surface area (Å²) >= 11 is 0. The standard InChI is InChI=1S/C28H37O4P/c1-18(2)31-22-12-9-13-23(32-19(3)4)24(22)20-10-8-11-21-25(20)33-26(5,6)16-28(17-27(21,33)7)29-14-15-30-28/h8-13,18-19H,14-17H2,1-7H3. The number of fused-ring (bicyclic) bond motifs is 4. The molecule has 0 saturated carbocycles. The van der Waals surface area contributed by atoms with Crippen molar-refractivity contribution in [3.8, 4) is 22.6 Å². The molecule has 3 aliphatic heterocycles. The van der Waals surface area contributed by atoms with E-state index in [1.807, 2.05) is 6.07 Å². The van der Waals surface area contributed by atoms with Crippen molar-refractivity contribution >= 4 is 13.2 Å². The van der Waals surface area contributed by atoms with Crippen molar-refractivity contribution in [3.05, 3.63) is 42.0 Å². The van der Waals surface area contributed by atoms with Crippen molar-refractivity contribution in [3.63, 3.8) is 0 Å². The molecule has 2 atom stereocenters. The quantitative estimate of drug-likeness (QED) is 0.465. The van der Waals surface area contributed by atoms with Crippen LogP contribution >= 0.6 is 7.92 Å². The van der Waals surface area contributed by atoms with Gasteiger partial charge in [0.1, 0.15) is 11.5 Å². The molecule has 0 aromatic heterocycles. The van der Waals surface area contributed by atoms with Gasteiger partial charge in [-0.15, -0.1) is 0 Å². The van der Waals surface area contributed by atoms with E-state index in [2.05, 4.69) is 78.8 Å². The Labute approximate surface area is 199 Å². The van der Waals surface area contributed by atoms with Gasteiger partial charge in [0.2, 0.25) is 0 Å². The van der Waals surface area contributed by atoms with Crippen LogP contribution in [0, 0.1) is 0 Å². The zero-order valence-corrected chi connectivity index (χ0v) is 21.9. The van der Waals surface area contributed by atoms with E-state index in [0.717, 1.165) is 29.9 Å². The molecule has 2 fully saturated rings. The minimum atomic E-state index is -0.437. The lowest BCUT2D eigenvalue weighted by Crippen LogP contribution is -2.58. The van der Waals surface area contributed by atoms with Crippen molar-refractivity contribution in [2.75, 3.05) is 13.2 Å². The Morgan fingerprint density at radius 3 is 1.97 bits per heavy atom. The summed E-state index contributed by atoms with van der Waals surface area (Å²) in [7, 11) is -0.437. The maximum absolute atomic E-state index is 6.32. The predicted octanol–water partition coefficient (Wildman–Crippen LogP) is 6.58. The Morgan fingerprint density at radius 1 is 0.818 bits per heavy atom. The Kier molecular flexibility index (Phi) is 5.59. The van der Waals surface area contributed by atoms with Gasteiger partial charge in [0, 0.05) is 18.0 Å². The van der Waals surface area contributed by atoms with Crippen molar-refractivity contribution in [1.29, 1.82) is 0 Å². The topological polar surface area (TPSA) is 36.9 Å². The monoisotopic (exact) mass is 468 g/mol. The number of benzene rings is 2. The smallest absolute Gasteiger partial charge is 0.170 e. The van der Waals surface area contributed by atoms with Crippen LogP contribution in [0.5, 0.6) is 11.5 Å². The van der Waals surface area contributed by atoms with Crippen LogP contribution in [0.1, 0.15) is 66.9 Å². The van der Waals surface area contributed by atoms with Crippen LogP contribution in [0.25, 0.3) is 11.1 Å². The summed E-state index contributed by atoms with van der Waals surface area (Å²) in [5.41, 5.74) is 3.79. The van der Waals surface area contributed by atoms with Crippen LogP contribution in [-0.2, 0) is 14.6 Å². The molecule has 2 aromatic rings. The lowest BCUT2D eigenvalue weighted by molar-refractivity contribution is -0.180. The highest BCUT2D eigenvalue weighted by atomic mass is 31.1. The van der Waals surface area contributed by atoms with Crippen LogP contribution in [0.3, 0.4) is 0 Å². The van der Waals surface area contributed by atoms with Crippen molar-refractivity contribution < 1.29 is 18.9 Å². The summed E-state index contributed by atoms with van der Waals surface area (Å²) in [5.74, 6) is 1.36. The molecular formula is C28H37O4P. The van der Waals surface area contributed by atoms with Crippen LogP contribution in [-0.4, -0.2) is 36.4 Å². The van der Waals surface area contributed by atoms with Crippen LogP contribution in [0.4, 0.5) is 0 Å². The summed E-state index contributed by atoms with van der Waals surface area (Å²) < 4.78 is 25.1. The minimum Gasteiger partial charge on any atom is -0.490 e. The first kappa shape index (κ1) is 23.1. The van der Waals surface area contributed by atoms with Crippen molar-refractivity contribution in [2.24, 2.45) is 0 Å². The zero-order valence-electron chi connectivity index (χ0n) is 21.0. The average Bonchev–Trinajstić information content (AvgIpc) is 3.13. The first-order valence-electron chi connectivity index (χ1n) is 12.2. The Hall–Kier alpha value is -1.61. The molecule has 0 aliphatic carbocycles. The second-order valence-electron chi connectivity index (χ2n) is 11.0. The zero-order chi connectivity index (χ0) is 23.6. The highest BCUT2D eigenvalue weighted by Gasteiger charge is 2.65. The molecule has 0 radical (unpaired) electrons. The molecule has 2 unspecified atom stereocenters. The third kappa shape index (κ3) is 3.70. The van der Waals surface area contributed by atoms with Crippen molar-refractivity contribution in [1.82, 2.24) is 0 Å². The SMILES string of the molecule is CC(C)Oc1cccc(OC(C)C)c1-c1cccc2c1P1C(C)(C)CC3(CC21C)OCCO3. The van der Waals surface area contributed by atoms with E-state index < -0.39 is 13.7 Å². The normalized spacial score (nSPS) is 26.8. The van der Waals surface area contributed by atoms with Crippen LogP contribution in [0.2, 0.25) is 0 Å². The number of rotatable bonds is 5. The summed E-state index contributed by atoms with van der Waals surface area (Å²) in [6, 6.07) is 13.0. The van der Waals surface area contributed by atoms with Gasteiger partial charge in [-0.25, -0.2) is 0 Å².